The number of halogens is 1. The molecule has 2 aromatic carbocycles. The Labute approximate surface area is 185 Å². The highest BCUT2D eigenvalue weighted by Crippen LogP contribution is 2.27. The molecule has 2 N–H and O–H groups in total. The lowest BCUT2D eigenvalue weighted by Gasteiger charge is -2.11. The first-order valence-electron chi connectivity index (χ1n) is 8.94. The maximum absolute atomic E-state index is 12.5. The van der Waals surface area contributed by atoms with Crippen molar-refractivity contribution in [2.75, 3.05) is 13.7 Å². The molecule has 0 radical (unpaired) electrons. The Hall–Kier alpha value is -3.66. The minimum atomic E-state index is -1.01. The first-order chi connectivity index (χ1) is 14.8. The molecule has 1 heterocycles. The van der Waals surface area contributed by atoms with Crippen molar-refractivity contribution in [3.8, 4) is 5.75 Å². The Kier molecular flexibility index (Phi) is 6.71. The van der Waals surface area contributed by atoms with Gasteiger partial charge in [-0.05, 0) is 42.0 Å². The van der Waals surface area contributed by atoms with E-state index >= 15 is 0 Å². The van der Waals surface area contributed by atoms with E-state index in [1.54, 1.807) is 30.3 Å². The third kappa shape index (κ3) is 5.28. The van der Waals surface area contributed by atoms with E-state index in [-0.39, 0.29) is 17.9 Å². The van der Waals surface area contributed by atoms with E-state index in [2.05, 4.69) is 26.0 Å². The Morgan fingerprint density at radius 2 is 1.87 bits per heavy atom. The third-order valence-corrected chi connectivity index (χ3v) is 4.84. The quantitative estimate of drug-likeness (QED) is 0.349. The topological polar surface area (TPSA) is 122 Å². The average molecular weight is 489 g/mol. The van der Waals surface area contributed by atoms with E-state index in [1.165, 1.54) is 18.2 Å². The van der Waals surface area contributed by atoms with E-state index in [1.807, 2.05) is 0 Å². The molecule has 0 aromatic heterocycles. The van der Waals surface area contributed by atoms with Gasteiger partial charge in [0, 0.05) is 10.0 Å². The van der Waals surface area contributed by atoms with E-state index in [9.17, 15) is 19.2 Å². The average Bonchev–Trinajstić information content (AvgIpc) is 3.00. The van der Waals surface area contributed by atoms with Gasteiger partial charge in [0.1, 0.15) is 24.6 Å². The third-order valence-electron chi connectivity index (χ3n) is 4.34. The number of urea groups is 1. The van der Waals surface area contributed by atoms with Crippen molar-refractivity contribution in [3.63, 3.8) is 0 Å². The number of hydrogen-bond acceptors (Lipinski definition) is 6. The lowest BCUT2D eigenvalue weighted by atomic mass is 10.1. The smallest absolute Gasteiger partial charge is 0.335 e. The number of methoxy groups -OCH3 is 1. The number of nitrogens with one attached hydrogen (secondary N) is 1. The second kappa shape index (κ2) is 9.43. The van der Waals surface area contributed by atoms with Crippen molar-refractivity contribution in [1.29, 1.82) is 0 Å². The molecule has 2 aromatic rings. The molecule has 160 valence electrons. The summed E-state index contributed by atoms with van der Waals surface area (Å²) in [4.78, 5) is 47.7. The van der Waals surface area contributed by atoms with E-state index in [4.69, 9.17) is 9.84 Å². The fourth-order valence-electron chi connectivity index (χ4n) is 2.73. The van der Waals surface area contributed by atoms with Crippen molar-refractivity contribution in [2.45, 2.75) is 6.61 Å². The van der Waals surface area contributed by atoms with Gasteiger partial charge in [0.05, 0.1) is 12.7 Å². The van der Waals surface area contributed by atoms with Gasteiger partial charge in [-0.1, -0.05) is 28.1 Å². The van der Waals surface area contributed by atoms with Crippen LogP contribution in [0.2, 0.25) is 0 Å². The highest BCUT2D eigenvalue weighted by atomic mass is 79.9. The summed E-state index contributed by atoms with van der Waals surface area (Å²) in [6, 6.07) is 10.7. The molecule has 0 saturated carbocycles. The normalized spacial score (nSPS) is 14.5. The zero-order valence-corrected chi connectivity index (χ0v) is 17.8. The number of carbonyl (C=O) groups excluding carboxylic acids is 3. The summed E-state index contributed by atoms with van der Waals surface area (Å²) >= 11 is 3.36. The predicted octanol–water partition coefficient (Wildman–Crippen LogP) is 2.79. The SMILES string of the molecule is COC(=O)CN1C(=O)NC(=Cc2cc(Br)ccc2OCc2ccc(C(=O)O)cc2)C1=O. The maximum Gasteiger partial charge on any atom is 0.335 e. The van der Waals surface area contributed by atoms with Crippen LogP contribution in [0.5, 0.6) is 5.75 Å². The van der Waals surface area contributed by atoms with Gasteiger partial charge in [-0.2, -0.15) is 0 Å². The van der Waals surface area contributed by atoms with Gasteiger partial charge in [-0.15, -0.1) is 0 Å². The van der Waals surface area contributed by atoms with Gasteiger partial charge in [0.15, 0.2) is 0 Å². The molecule has 0 bridgehead atoms. The molecule has 0 spiro atoms. The van der Waals surface area contributed by atoms with Gasteiger partial charge in [-0.25, -0.2) is 14.5 Å². The number of carboxylic acid groups (broad SMARTS) is 1. The highest BCUT2D eigenvalue weighted by molar-refractivity contribution is 9.10. The van der Waals surface area contributed by atoms with Crippen LogP contribution < -0.4 is 10.1 Å². The number of amides is 3. The van der Waals surface area contributed by atoms with Crippen LogP contribution in [0.3, 0.4) is 0 Å². The lowest BCUT2D eigenvalue weighted by Crippen LogP contribution is -2.36. The number of rotatable bonds is 7. The molecule has 10 heteroatoms. The number of ether oxygens (including phenoxy) is 2. The molecule has 9 nitrogen and oxygen atoms in total. The number of esters is 1. The van der Waals surface area contributed by atoms with E-state index in [0.717, 1.165) is 22.0 Å². The molecule has 3 amide bonds. The van der Waals surface area contributed by atoms with Gasteiger partial charge < -0.3 is 19.9 Å². The summed E-state index contributed by atoms with van der Waals surface area (Å²) < 4.78 is 11.1. The minimum Gasteiger partial charge on any atom is -0.488 e. The van der Waals surface area contributed by atoms with Gasteiger partial charge in [-0.3, -0.25) is 9.59 Å². The molecule has 1 aliphatic heterocycles. The zero-order valence-electron chi connectivity index (χ0n) is 16.3. The highest BCUT2D eigenvalue weighted by Gasteiger charge is 2.35. The van der Waals surface area contributed by atoms with Crippen LogP contribution in [0.4, 0.5) is 4.79 Å². The number of aromatic carboxylic acids is 1. The van der Waals surface area contributed by atoms with Crippen LogP contribution in [0.25, 0.3) is 6.08 Å². The van der Waals surface area contributed by atoms with E-state index in [0.29, 0.717) is 11.3 Å². The molecule has 0 atom stereocenters. The number of carbonyl (C=O) groups is 4. The standard InChI is InChI=1S/C21H17BrN2O7/c1-30-18(25)10-24-19(26)16(23-21(24)29)9-14-8-15(22)6-7-17(14)31-11-12-2-4-13(5-3-12)20(27)28/h2-9H,10-11H2,1H3,(H,23,29)(H,27,28). The van der Waals surface area contributed by atoms with Crippen LogP contribution in [0.1, 0.15) is 21.5 Å². The Bertz CT molecular complexity index is 1080. The van der Waals surface area contributed by atoms with Gasteiger partial charge in [0.25, 0.3) is 5.91 Å². The first-order valence-corrected chi connectivity index (χ1v) is 9.73. The molecule has 0 aliphatic carbocycles. The molecular formula is C21H17BrN2O7. The zero-order chi connectivity index (χ0) is 22.5. The van der Waals surface area contributed by atoms with Crippen LogP contribution >= 0.6 is 15.9 Å². The van der Waals surface area contributed by atoms with Gasteiger partial charge in [0.2, 0.25) is 0 Å². The monoisotopic (exact) mass is 488 g/mol. The molecule has 1 fully saturated rings. The summed E-state index contributed by atoms with van der Waals surface area (Å²) in [5.74, 6) is -1.96. The first kappa shape index (κ1) is 22.0. The van der Waals surface area contributed by atoms with Crippen molar-refractivity contribution >= 4 is 45.9 Å². The van der Waals surface area contributed by atoms with Crippen molar-refractivity contribution in [1.82, 2.24) is 10.2 Å². The fraction of sp³-hybridized carbons (Fsp3) is 0.143. The van der Waals surface area contributed by atoms with E-state index < -0.39 is 30.4 Å². The van der Waals surface area contributed by atoms with Crippen molar-refractivity contribution < 1.29 is 33.8 Å². The summed E-state index contributed by atoms with van der Waals surface area (Å²) in [7, 11) is 1.16. The van der Waals surface area contributed by atoms with Crippen LogP contribution in [0.15, 0.2) is 52.6 Å². The molecule has 3 rings (SSSR count). The molecule has 0 unspecified atom stereocenters. The summed E-state index contributed by atoms with van der Waals surface area (Å²) in [5, 5.41) is 11.4. The number of carboxylic acids is 1. The fourth-order valence-corrected chi connectivity index (χ4v) is 3.11. The number of imide groups is 1. The summed E-state index contributed by atoms with van der Waals surface area (Å²) in [6.45, 7) is -0.334. The lowest BCUT2D eigenvalue weighted by molar-refractivity contribution is -0.143. The van der Waals surface area contributed by atoms with Gasteiger partial charge >= 0.3 is 18.0 Å². The van der Waals surface area contributed by atoms with Crippen LogP contribution in [0, 0.1) is 0 Å². The number of hydrogen-bond donors (Lipinski definition) is 2. The number of nitrogens with zero attached hydrogens (tertiary/aromatic N) is 1. The predicted molar refractivity (Wildman–Crippen MR) is 112 cm³/mol. The van der Waals surface area contributed by atoms with Crippen molar-refractivity contribution in [3.05, 3.63) is 69.3 Å². The Morgan fingerprint density at radius 1 is 1.16 bits per heavy atom. The Balaban J connectivity index is 1.80. The maximum atomic E-state index is 12.5. The number of benzene rings is 2. The second-order valence-corrected chi connectivity index (χ2v) is 7.34. The molecule has 31 heavy (non-hydrogen) atoms. The van der Waals surface area contributed by atoms with Crippen LogP contribution in [-0.2, 0) is 20.9 Å². The Morgan fingerprint density at radius 3 is 2.52 bits per heavy atom. The largest absolute Gasteiger partial charge is 0.488 e. The van der Waals surface area contributed by atoms with Crippen molar-refractivity contribution in [2.24, 2.45) is 0 Å². The molecular weight excluding hydrogens is 472 g/mol. The van der Waals surface area contributed by atoms with Crippen LogP contribution in [-0.4, -0.2) is 47.5 Å². The molecule has 1 saturated heterocycles. The second-order valence-electron chi connectivity index (χ2n) is 6.43. The summed E-state index contributed by atoms with van der Waals surface area (Å²) in [5.41, 5.74) is 1.42. The summed E-state index contributed by atoms with van der Waals surface area (Å²) in [6.07, 6.45) is 1.45. The minimum absolute atomic E-state index is 0.0114. The molecule has 1 aliphatic rings.